The van der Waals surface area contributed by atoms with Crippen molar-refractivity contribution in [2.45, 2.75) is 19.8 Å². The number of rotatable bonds is 3. The summed E-state index contributed by atoms with van der Waals surface area (Å²) in [6.07, 6.45) is 3.71. The van der Waals surface area contributed by atoms with Gasteiger partial charge >= 0.3 is 0 Å². The van der Waals surface area contributed by atoms with Gasteiger partial charge in [0.25, 0.3) is 0 Å². The Kier molecular flexibility index (Phi) is 3.66. The molecule has 24 heavy (non-hydrogen) atoms. The van der Waals surface area contributed by atoms with E-state index in [9.17, 15) is 0 Å². The van der Waals surface area contributed by atoms with E-state index in [0.29, 0.717) is 5.92 Å². The van der Waals surface area contributed by atoms with Crippen LogP contribution in [0.4, 0.5) is 0 Å². The van der Waals surface area contributed by atoms with Gasteiger partial charge in [-0.05, 0) is 47.9 Å². The van der Waals surface area contributed by atoms with Crippen LogP contribution in [-0.4, -0.2) is 9.97 Å². The first-order chi connectivity index (χ1) is 11.7. The summed E-state index contributed by atoms with van der Waals surface area (Å²) < 4.78 is 0. The van der Waals surface area contributed by atoms with Crippen molar-refractivity contribution in [1.82, 2.24) is 9.97 Å². The molecule has 0 amide bonds. The molecule has 118 valence electrons. The van der Waals surface area contributed by atoms with Gasteiger partial charge in [-0.3, -0.25) is 4.98 Å². The van der Waals surface area contributed by atoms with Gasteiger partial charge in [-0.15, -0.1) is 0 Å². The summed E-state index contributed by atoms with van der Waals surface area (Å²) in [4.78, 5) is 7.67. The zero-order chi connectivity index (χ0) is 16.5. The molecule has 2 aromatic heterocycles. The van der Waals surface area contributed by atoms with E-state index < -0.39 is 0 Å². The summed E-state index contributed by atoms with van der Waals surface area (Å²) in [6, 6.07) is 21.7. The van der Waals surface area contributed by atoms with Crippen LogP contribution in [-0.2, 0) is 0 Å². The lowest BCUT2D eigenvalue weighted by molar-refractivity contribution is 0.919. The van der Waals surface area contributed by atoms with E-state index in [-0.39, 0.29) is 0 Å². The average molecular weight is 312 g/mol. The quantitative estimate of drug-likeness (QED) is 0.517. The van der Waals surface area contributed by atoms with Crippen LogP contribution in [0.5, 0.6) is 0 Å². The minimum Gasteiger partial charge on any atom is -0.355 e. The van der Waals surface area contributed by atoms with Gasteiger partial charge in [0.1, 0.15) is 0 Å². The molecule has 0 saturated carbocycles. The third-order valence-corrected chi connectivity index (χ3v) is 4.72. The molecule has 0 saturated heterocycles. The third-order valence-electron chi connectivity index (χ3n) is 4.72. The van der Waals surface area contributed by atoms with Gasteiger partial charge in [0, 0.05) is 34.9 Å². The lowest BCUT2D eigenvalue weighted by Crippen LogP contribution is -1.95. The number of pyridine rings is 1. The Morgan fingerprint density at radius 3 is 2.33 bits per heavy atom. The van der Waals surface area contributed by atoms with Crippen LogP contribution in [0.1, 0.15) is 29.5 Å². The molecule has 0 bridgehead atoms. The minimum atomic E-state index is 0.350. The predicted octanol–water partition coefficient (Wildman–Crippen LogP) is 5.69. The van der Waals surface area contributed by atoms with Crippen molar-refractivity contribution in [2.75, 3.05) is 0 Å². The zero-order valence-electron chi connectivity index (χ0n) is 14.0. The molecular formula is C22H20N2. The molecule has 2 nitrogen and oxygen atoms in total. The number of aromatic amines is 1. The van der Waals surface area contributed by atoms with E-state index >= 15 is 0 Å². The number of H-pyrrole nitrogens is 1. The first-order valence-electron chi connectivity index (χ1n) is 8.30. The molecule has 4 rings (SSSR count). The number of benzene rings is 2. The Bertz CT molecular complexity index is 966. The number of hydrogen-bond acceptors (Lipinski definition) is 1. The first-order valence-corrected chi connectivity index (χ1v) is 8.30. The van der Waals surface area contributed by atoms with Crippen LogP contribution in [0.25, 0.3) is 22.2 Å². The van der Waals surface area contributed by atoms with Gasteiger partial charge in [-0.1, -0.05) is 48.9 Å². The average Bonchev–Trinajstić information content (AvgIpc) is 3.05. The van der Waals surface area contributed by atoms with E-state index in [1.165, 1.54) is 38.9 Å². The highest BCUT2D eigenvalue weighted by molar-refractivity contribution is 5.86. The third kappa shape index (κ3) is 2.71. The molecule has 0 radical (unpaired) electrons. The van der Waals surface area contributed by atoms with Gasteiger partial charge < -0.3 is 4.98 Å². The van der Waals surface area contributed by atoms with E-state index in [1.54, 1.807) is 0 Å². The van der Waals surface area contributed by atoms with Crippen molar-refractivity contribution in [2.24, 2.45) is 0 Å². The van der Waals surface area contributed by atoms with Crippen molar-refractivity contribution < 1.29 is 0 Å². The van der Waals surface area contributed by atoms with Crippen molar-refractivity contribution in [3.63, 3.8) is 0 Å². The number of aromatic nitrogens is 2. The molecule has 2 heteroatoms. The summed E-state index contributed by atoms with van der Waals surface area (Å²) in [6.45, 7) is 4.35. The summed E-state index contributed by atoms with van der Waals surface area (Å²) in [5.74, 6) is 0.350. The molecular weight excluding hydrogens is 292 g/mol. The Morgan fingerprint density at radius 1 is 0.833 bits per heavy atom. The molecule has 0 spiro atoms. The van der Waals surface area contributed by atoms with Gasteiger partial charge in [-0.2, -0.15) is 0 Å². The number of fused-ring (bicyclic) bond motifs is 1. The molecule has 1 unspecified atom stereocenters. The number of nitrogens with one attached hydrogen (secondary N) is 1. The molecule has 1 N–H and O–H groups in total. The Hall–Kier alpha value is -2.87. The summed E-state index contributed by atoms with van der Waals surface area (Å²) in [5, 5.41) is 1.25. The van der Waals surface area contributed by atoms with Crippen LogP contribution >= 0.6 is 0 Å². The summed E-state index contributed by atoms with van der Waals surface area (Å²) in [7, 11) is 0. The molecule has 2 heterocycles. The van der Waals surface area contributed by atoms with Gasteiger partial charge in [-0.25, -0.2) is 0 Å². The number of hydrogen-bond donors (Lipinski definition) is 1. The first kappa shape index (κ1) is 14.7. The van der Waals surface area contributed by atoms with Gasteiger partial charge in [0.2, 0.25) is 0 Å². The number of aryl methyl sites for hydroxylation is 1. The largest absolute Gasteiger partial charge is 0.355 e. The lowest BCUT2D eigenvalue weighted by Gasteiger charge is -2.12. The SMILES string of the molecule is Cc1ccc(-c2cc3ccc(C(C)c4ccncc4)cc3[nH]2)cc1. The normalized spacial score (nSPS) is 12.4. The highest BCUT2D eigenvalue weighted by Crippen LogP contribution is 2.29. The van der Waals surface area contributed by atoms with E-state index in [0.717, 1.165) is 0 Å². The Morgan fingerprint density at radius 2 is 1.58 bits per heavy atom. The smallest absolute Gasteiger partial charge is 0.0464 e. The Labute approximate surface area is 142 Å². The molecule has 0 aliphatic carbocycles. The minimum absolute atomic E-state index is 0.350. The second-order valence-electron chi connectivity index (χ2n) is 6.40. The molecule has 0 aliphatic heterocycles. The zero-order valence-corrected chi connectivity index (χ0v) is 14.0. The lowest BCUT2D eigenvalue weighted by atomic mass is 9.93. The van der Waals surface area contributed by atoms with Crippen LogP contribution < -0.4 is 0 Å². The fraction of sp³-hybridized carbons (Fsp3) is 0.136. The van der Waals surface area contributed by atoms with Crippen LogP contribution in [0.15, 0.2) is 73.1 Å². The summed E-state index contributed by atoms with van der Waals surface area (Å²) >= 11 is 0. The van der Waals surface area contributed by atoms with Gasteiger partial charge in [0.05, 0.1) is 0 Å². The highest BCUT2D eigenvalue weighted by atomic mass is 14.7. The van der Waals surface area contributed by atoms with Crippen LogP contribution in [0.3, 0.4) is 0 Å². The molecule has 1 atom stereocenters. The topological polar surface area (TPSA) is 28.7 Å². The van der Waals surface area contributed by atoms with Crippen LogP contribution in [0, 0.1) is 6.92 Å². The van der Waals surface area contributed by atoms with E-state index in [1.807, 2.05) is 12.4 Å². The van der Waals surface area contributed by atoms with Crippen molar-refractivity contribution >= 4 is 10.9 Å². The molecule has 4 aromatic rings. The monoisotopic (exact) mass is 312 g/mol. The van der Waals surface area contributed by atoms with E-state index in [4.69, 9.17) is 0 Å². The maximum atomic E-state index is 4.11. The molecule has 0 aliphatic rings. The summed E-state index contributed by atoms with van der Waals surface area (Å²) in [5.41, 5.74) is 7.45. The van der Waals surface area contributed by atoms with Crippen molar-refractivity contribution in [1.29, 1.82) is 0 Å². The fourth-order valence-electron chi connectivity index (χ4n) is 3.15. The fourth-order valence-corrected chi connectivity index (χ4v) is 3.15. The highest BCUT2D eigenvalue weighted by Gasteiger charge is 2.10. The van der Waals surface area contributed by atoms with Crippen molar-refractivity contribution in [3.05, 3.63) is 89.7 Å². The maximum absolute atomic E-state index is 4.11. The second kappa shape index (κ2) is 5.97. The van der Waals surface area contributed by atoms with Crippen molar-refractivity contribution in [3.8, 4) is 11.3 Å². The second-order valence-corrected chi connectivity index (χ2v) is 6.40. The van der Waals surface area contributed by atoms with Gasteiger partial charge in [0.15, 0.2) is 0 Å². The number of nitrogens with zero attached hydrogens (tertiary/aromatic N) is 1. The van der Waals surface area contributed by atoms with E-state index in [2.05, 4.69) is 84.5 Å². The van der Waals surface area contributed by atoms with Crippen LogP contribution in [0.2, 0.25) is 0 Å². The Balaban J connectivity index is 1.72. The molecule has 0 fully saturated rings. The maximum Gasteiger partial charge on any atom is 0.0464 e. The predicted molar refractivity (Wildman–Crippen MR) is 100 cm³/mol. The standard InChI is InChI=1S/C22H20N2/c1-15-3-5-18(6-4-15)21-14-20-8-7-19(13-22(20)24-21)16(2)17-9-11-23-12-10-17/h3-14,16,24H,1-2H3. The molecule has 2 aromatic carbocycles.